The second kappa shape index (κ2) is 10.8. The van der Waals surface area contributed by atoms with Gasteiger partial charge in [-0.3, -0.25) is 14.3 Å². The maximum Gasteiger partial charge on any atom is 0.195 e. The van der Waals surface area contributed by atoms with Crippen molar-refractivity contribution in [3.05, 3.63) is 71.6 Å². The molecule has 1 saturated heterocycles. The number of Topliss-reactive ketones (excluding diaryl/α,β-unsaturated/α-hetero) is 1. The SMILES string of the molecule is O=C(CCCSc1nnc(CN2CCCCC2)n1-c1ccc(F)cc1)c1ccc(F)cc1. The van der Waals surface area contributed by atoms with E-state index < -0.39 is 0 Å². The van der Waals surface area contributed by atoms with Gasteiger partial charge in [-0.05, 0) is 80.9 Å². The highest BCUT2D eigenvalue weighted by Crippen LogP contribution is 2.25. The van der Waals surface area contributed by atoms with Gasteiger partial charge in [-0.15, -0.1) is 10.2 Å². The average molecular weight is 457 g/mol. The van der Waals surface area contributed by atoms with E-state index >= 15 is 0 Å². The molecule has 0 unspecified atom stereocenters. The van der Waals surface area contributed by atoms with Crippen LogP contribution in [0.4, 0.5) is 8.78 Å². The first-order valence-corrected chi connectivity index (χ1v) is 11.9. The normalized spacial score (nSPS) is 14.6. The molecule has 168 valence electrons. The van der Waals surface area contributed by atoms with E-state index in [1.165, 1.54) is 67.4 Å². The number of halogens is 2. The predicted octanol–water partition coefficient (Wildman–Crippen LogP) is 5.29. The molecule has 0 saturated carbocycles. The van der Waals surface area contributed by atoms with E-state index in [0.717, 1.165) is 29.8 Å². The van der Waals surface area contributed by atoms with E-state index in [1.807, 2.05) is 4.57 Å². The molecule has 0 amide bonds. The van der Waals surface area contributed by atoms with E-state index in [2.05, 4.69) is 15.1 Å². The molecule has 0 spiro atoms. The van der Waals surface area contributed by atoms with Gasteiger partial charge in [0.15, 0.2) is 16.8 Å². The van der Waals surface area contributed by atoms with Crippen LogP contribution in [0.25, 0.3) is 5.69 Å². The van der Waals surface area contributed by atoms with Crippen molar-refractivity contribution >= 4 is 17.5 Å². The molecule has 0 N–H and O–H groups in total. The van der Waals surface area contributed by atoms with Crippen LogP contribution in [-0.2, 0) is 6.54 Å². The molecule has 1 fully saturated rings. The Bertz CT molecular complexity index is 1030. The lowest BCUT2D eigenvalue weighted by Gasteiger charge is -2.26. The van der Waals surface area contributed by atoms with E-state index in [4.69, 9.17) is 0 Å². The Morgan fingerprint density at radius 1 is 0.906 bits per heavy atom. The Labute approximate surface area is 190 Å². The molecular formula is C24H26F2N4OS. The summed E-state index contributed by atoms with van der Waals surface area (Å²) in [5.41, 5.74) is 1.35. The highest BCUT2D eigenvalue weighted by atomic mass is 32.2. The number of piperidine rings is 1. The maximum atomic E-state index is 13.5. The highest BCUT2D eigenvalue weighted by molar-refractivity contribution is 7.99. The minimum Gasteiger partial charge on any atom is -0.296 e. The Morgan fingerprint density at radius 3 is 2.25 bits per heavy atom. The van der Waals surface area contributed by atoms with Crippen molar-refractivity contribution in [2.75, 3.05) is 18.8 Å². The summed E-state index contributed by atoms with van der Waals surface area (Å²) >= 11 is 1.53. The van der Waals surface area contributed by atoms with Crippen molar-refractivity contribution in [3.8, 4) is 5.69 Å². The standard InChI is InChI=1S/C24H26F2N4OS/c25-19-8-6-18(7-9-19)22(31)5-4-16-32-24-28-27-23(17-29-14-2-1-3-15-29)30(24)21-12-10-20(26)11-13-21/h6-13H,1-5,14-17H2. The number of aromatic nitrogens is 3. The van der Waals surface area contributed by atoms with Crippen molar-refractivity contribution in [3.63, 3.8) is 0 Å². The molecule has 8 heteroatoms. The predicted molar refractivity (Wildman–Crippen MR) is 121 cm³/mol. The quantitative estimate of drug-likeness (QED) is 0.249. The highest BCUT2D eigenvalue weighted by Gasteiger charge is 2.19. The van der Waals surface area contributed by atoms with Crippen LogP contribution in [0.2, 0.25) is 0 Å². The van der Waals surface area contributed by atoms with E-state index in [-0.39, 0.29) is 17.4 Å². The fourth-order valence-corrected chi connectivity index (χ4v) is 4.75. The minimum absolute atomic E-state index is 0.00334. The molecule has 4 rings (SSSR count). The Kier molecular flexibility index (Phi) is 7.65. The van der Waals surface area contributed by atoms with Gasteiger partial charge in [0.25, 0.3) is 0 Å². The van der Waals surface area contributed by atoms with Crippen LogP contribution in [0.3, 0.4) is 0 Å². The Morgan fingerprint density at radius 2 is 1.56 bits per heavy atom. The smallest absolute Gasteiger partial charge is 0.195 e. The fraction of sp³-hybridized carbons (Fsp3) is 0.375. The zero-order chi connectivity index (χ0) is 22.3. The van der Waals surface area contributed by atoms with Gasteiger partial charge in [0, 0.05) is 23.4 Å². The van der Waals surface area contributed by atoms with Crippen molar-refractivity contribution in [2.24, 2.45) is 0 Å². The number of carbonyl (C=O) groups excluding carboxylic acids is 1. The summed E-state index contributed by atoms with van der Waals surface area (Å²) in [4.78, 5) is 14.7. The molecule has 32 heavy (non-hydrogen) atoms. The number of thioether (sulfide) groups is 1. The molecule has 1 aliphatic rings. The molecule has 1 aliphatic heterocycles. The molecule has 0 radical (unpaired) electrons. The lowest BCUT2D eigenvalue weighted by molar-refractivity contribution is 0.0982. The third-order valence-electron chi connectivity index (χ3n) is 5.54. The fourth-order valence-electron chi connectivity index (χ4n) is 3.84. The third-order valence-corrected chi connectivity index (χ3v) is 6.56. The summed E-state index contributed by atoms with van der Waals surface area (Å²) in [6.07, 6.45) is 4.68. The van der Waals surface area contributed by atoms with E-state index in [1.54, 1.807) is 12.1 Å². The van der Waals surface area contributed by atoms with Crippen molar-refractivity contribution in [1.82, 2.24) is 19.7 Å². The van der Waals surface area contributed by atoms with Crippen LogP contribution in [0, 0.1) is 11.6 Å². The molecule has 1 aromatic heterocycles. The molecule has 5 nitrogen and oxygen atoms in total. The number of ketones is 1. The van der Waals surface area contributed by atoms with Crippen LogP contribution in [0.5, 0.6) is 0 Å². The van der Waals surface area contributed by atoms with Crippen LogP contribution in [-0.4, -0.2) is 44.3 Å². The van der Waals surface area contributed by atoms with Gasteiger partial charge in [-0.25, -0.2) is 8.78 Å². The first kappa shape index (κ1) is 22.6. The second-order valence-electron chi connectivity index (χ2n) is 7.93. The summed E-state index contributed by atoms with van der Waals surface area (Å²) in [6, 6.07) is 12.0. The van der Waals surface area contributed by atoms with Gasteiger partial charge in [-0.1, -0.05) is 18.2 Å². The lowest BCUT2D eigenvalue weighted by atomic mass is 10.1. The number of rotatable bonds is 9. The lowest BCUT2D eigenvalue weighted by Crippen LogP contribution is -2.30. The summed E-state index contributed by atoms with van der Waals surface area (Å²) in [7, 11) is 0. The number of hydrogen-bond donors (Lipinski definition) is 0. The van der Waals surface area contributed by atoms with E-state index in [9.17, 15) is 13.6 Å². The van der Waals surface area contributed by atoms with Crippen molar-refractivity contribution in [1.29, 1.82) is 0 Å². The summed E-state index contributed by atoms with van der Waals surface area (Å²) < 4.78 is 28.5. The minimum atomic E-state index is -0.349. The molecule has 2 heterocycles. The summed E-state index contributed by atoms with van der Waals surface area (Å²) in [6.45, 7) is 2.79. The summed E-state index contributed by atoms with van der Waals surface area (Å²) in [5.74, 6) is 0.890. The van der Waals surface area contributed by atoms with Crippen molar-refractivity contribution in [2.45, 2.75) is 43.8 Å². The summed E-state index contributed by atoms with van der Waals surface area (Å²) in [5, 5.41) is 9.56. The molecule has 3 aromatic rings. The number of hydrogen-bond acceptors (Lipinski definition) is 5. The topological polar surface area (TPSA) is 51.0 Å². The monoisotopic (exact) mass is 456 g/mol. The number of carbonyl (C=O) groups is 1. The molecule has 2 aromatic carbocycles. The molecular weight excluding hydrogens is 430 g/mol. The largest absolute Gasteiger partial charge is 0.296 e. The van der Waals surface area contributed by atoms with Crippen molar-refractivity contribution < 1.29 is 13.6 Å². The number of likely N-dealkylation sites (tertiary alicyclic amines) is 1. The van der Waals surface area contributed by atoms with Gasteiger partial charge in [0.05, 0.1) is 6.54 Å². The first-order valence-electron chi connectivity index (χ1n) is 10.9. The molecule has 0 aliphatic carbocycles. The molecule has 0 bridgehead atoms. The van der Waals surface area contributed by atoms with Crippen LogP contribution >= 0.6 is 11.8 Å². The zero-order valence-corrected chi connectivity index (χ0v) is 18.7. The van der Waals surface area contributed by atoms with Crippen LogP contribution in [0.15, 0.2) is 53.7 Å². The number of benzene rings is 2. The van der Waals surface area contributed by atoms with E-state index in [0.29, 0.717) is 30.7 Å². The second-order valence-corrected chi connectivity index (χ2v) is 8.99. The Hall–Kier alpha value is -2.58. The van der Waals surface area contributed by atoms with Gasteiger partial charge >= 0.3 is 0 Å². The van der Waals surface area contributed by atoms with Gasteiger partial charge in [0.2, 0.25) is 0 Å². The Balaban J connectivity index is 1.42. The number of nitrogens with zero attached hydrogens (tertiary/aromatic N) is 4. The zero-order valence-electron chi connectivity index (χ0n) is 17.8. The van der Waals surface area contributed by atoms with Crippen LogP contribution < -0.4 is 0 Å². The third kappa shape index (κ3) is 5.81. The van der Waals surface area contributed by atoms with Gasteiger partial charge in [0.1, 0.15) is 11.6 Å². The molecule has 0 atom stereocenters. The van der Waals surface area contributed by atoms with Gasteiger partial charge < -0.3 is 0 Å². The average Bonchev–Trinajstić information content (AvgIpc) is 3.20. The first-order chi connectivity index (χ1) is 15.6. The maximum absolute atomic E-state index is 13.5. The van der Waals surface area contributed by atoms with Crippen LogP contribution in [0.1, 0.15) is 48.3 Å². The van der Waals surface area contributed by atoms with Gasteiger partial charge in [-0.2, -0.15) is 0 Å².